The Balaban J connectivity index is 1.68. The average molecular weight is 403 g/mol. The summed E-state index contributed by atoms with van der Waals surface area (Å²) in [6, 6.07) is 7.51. The molecule has 144 valence electrons. The van der Waals surface area contributed by atoms with Crippen LogP contribution in [0, 0.1) is 18.6 Å². The Hall–Kier alpha value is -3.33. The summed E-state index contributed by atoms with van der Waals surface area (Å²) in [6.45, 7) is 2.20. The molecule has 0 bridgehead atoms. The molecule has 0 atom stereocenters. The fraction of sp³-hybridized carbons (Fsp3) is 0.105. The Morgan fingerprint density at radius 2 is 1.89 bits per heavy atom. The molecule has 6 nitrogen and oxygen atoms in total. The Morgan fingerprint density at radius 3 is 2.50 bits per heavy atom. The van der Waals surface area contributed by atoms with Gasteiger partial charge in [-0.05, 0) is 37.3 Å². The van der Waals surface area contributed by atoms with Crippen molar-refractivity contribution in [3.05, 3.63) is 75.2 Å². The number of hydrogen-bond acceptors (Lipinski definition) is 5. The number of benzene rings is 2. The summed E-state index contributed by atoms with van der Waals surface area (Å²) in [5, 5.41) is 5.13. The third kappa shape index (κ3) is 4.49. The average Bonchev–Trinajstić information content (AvgIpc) is 3.07. The van der Waals surface area contributed by atoms with Crippen molar-refractivity contribution >= 4 is 28.8 Å². The van der Waals surface area contributed by atoms with Crippen LogP contribution in [0.4, 0.5) is 14.5 Å². The van der Waals surface area contributed by atoms with Gasteiger partial charge in [0, 0.05) is 17.0 Å². The SMILES string of the molecule is Cc1nc(COc2ccc(C(=O)Nc3cc(C(N)=O)c(F)cc3F)cc2)cs1. The summed E-state index contributed by atoms with van der Waals surface area (Å²) in [7, 11) is 0. The van der Waals surface area contributed by atoms with E-state index in [1.165, 1.54) is 23.5 Å². The van der Waals surface area contributed by atoms with Crippen LogP contribution in [0.1, 0.15) is 31.4 Å². The molecular formula is C19H15F2N3O3S. The van der Waals surface area contributed by atoms with Crippen LogP contribution in [0.3, 0.4) is 0 Å². The standard InChI is InChI=1S/C19H15F2N3O3S/c1-10-23-12(9-28-10)8-27-13-4-2-11(3-5-13)19(26)24-17-6-14(18(22)25)15(20)7-16(17)21/h2-7,9H,8H2,1H3,(H2,22,25)(H,24,26). The number of nitrogens with two attached hydrogens (primary N) is 1. The van der Waals surface area contributed by atoms with E-state index >= 15 is 0 Å². The van der Waals surface area contributed by atoms with E-state index in [0.29, 0.717) is 18.4 Å². The highest BCUT2D eigenvalue weighted by Crippen LogP contribution is 2.21. The maximum Gasteiger partial charge on any atom is 0.255 e. The van der Waals surface area contributed by atoms with Crippen molar-refractivity contribution in [1.82, 2.24) is 4.98 Å². The maximum atomic E-state index is 13.9. The zero-order valence-electron chi connectivity index (χ0n) is 14.7. The fourth-order valence-corrected chi connectivity index (χ4v) is 2.96. The zero-order chi connectivity index (χ0) is 20.3. The van der Waals surface area contributed by atoms with Crippen molar-refractivity contribution in [2.45, 2.75) is 13.5 Å². The Labute approximate surface area is 163 Å². The molecule has 9 heteroatoms. The van der Waals surface area contributed by atoms with Gasteiger partial charge in [-0.1, -0.05) is 0 Å². The van der Waals surface area contributed by atoms with Gasteiger partial charge in [-0.3, -0.25) is 9.59 Å². The number of nitrogens with one attached hydrogen (secondary N) is 1. The highest BCUT2D eigenvalue weighted by Gasteiger charge is 2.16. The number of carbonyl (C=O) groups excluding carboxylic acids is 2. The van der Waals surface area contributed by atoms with Gasteiger partial charge in [0.15, 0.2) is 0 Å². The van der Waals surface area contributed by atoms with Gasteiger partial charge in [-0.25, -0.2) is 13.8 Å². The minimum absolute atomic E-state index is 0.223. The van der Waals surface area contributed by atoms with E-state index in [0.717, 1.165) is 16.8 Å². The number of primary amides is 1. The minimum Gasteiger partial charge on any atom is -0.487 e. The molecule has 0 spiro atoms. The number of aryl methyl sites for hydroxylation is 1. The second kappa shape index (κ2) is 8.13. The van der Waals surface area contributed by atoms with E-state index in [2.05, 4.69) is 10.3 Å². The summed E-state index contributed by atoms with van der Waals surface area (Å²) in [5.74, 6) is -3.28. The highest BCUT2D eigenvalue weighted by atomic mass is 32.1. The molecule has 0 saturated heterocycles. The second-order valence-corrected chi connectivity index (χ2v) is 6.86. The third-order valence-electron chi connectivity index (χ3n) is 3.74. The number of carbonyl (C=O) groups is 2. The van der Waals surface area contributed by atoms with E-state index < -0.39 is 29.0 Å². The maximum absolute atomic E-state index is 13.9. The lowest BCUT2D eigenvalue weighted by molar-refractivity contribution is 0.0992. The number of amides is 2. The van der Waals surface area contributed by atoms with Gasteiger partial charge in [0.1, 0.15) is 24.0 Å². The van der Waals surface area contributed by atoms with Gasteiger partial charge in [-0.2, -0.15) is 0 Å². The number of thiazole rings is 1. The zero-order valence-corrected chi connectivity index (χ0v) is 15.5. The van der Waals surface area contributed by atoms with Crippen LogP contribution < -0.4 is 15.8 Å². The lowest BCUT2D eigenvalue weighted by atomic mass is 10.1. The predicted molar refractivity (Wildman–Crippen MR) is 100 cm³/mol. The van der Waals surface area contributed by atoms with Crippen LogP contribution in [0.25, 0.3) is 0 Å². The quantitative estimate of drug-likeness (QED) is 0.657. The number of ether oxygens (including phenoxy) is 1. The Morgan fingerprint density at radius 1 is 1.18 bits per heavy atom. The molecule has 3 N–H and O–H groups in total. The molecule has 3 rings (SSSR count). The lowest BCUT2D eigenvalue weighted by Crippen LogP contribution is -2.17. The van der Waals surface area contributed by atoms with Crippen molar-refractivity contribution in [3.63, 3.8) is 0 Å². The molecule has 0 aliphatic carbocycles. The first kappa shape index (κ1) is 19.4. The molecule has 1 aromatic heterocycles. The molecule has 2 amide bonds. The van der Waals surface area contributed by atoms with Crippen LogP contribution in [0.5, 0.6) is 5.75 Å². The summed E-state index contributed by atoms with van der Waals surface area (Å²) >= 11 is 1.52. The van der Waals surface area contributed by atoms with Gasteiger partial charge in [0.2, 0.25) is 0 Å². The number of aromatic nitrogens is 1. The van der Waals surface area contributed by atoms with Gasteiger partial charge in [0.25, 0.3) is 11.8 Å². The molecule has 0 unspecified atom stereocenters. The largest absolute Gasteiger partial charge is 0.487 e. The molecule has 0 aliphatic rings. The van der Waals surface area contributed by atoms with Crippen molar-refractivity contribution in [2.75, 3.05) is 5.32 Å². The first-order valence-electron chi connectivity index (χ1n) is 8.07. The number of rotatable bonds is 6. The van der Waals surface area contributed by atoms with Crippen LogP contribution in [0.15, 0.2) is 41.8 Å². The van der Waals surface area contributed by atoms with Crippen molar-refractivity contribution < 1.29 is 23.1 Å². The molecule has 1 heterocycles. The van der Waals surface area contributed by atoms with Crippen molar-refractivity contribution in [1.29, 1.82) is 0 Å². The van der Waals surface area contributed by atoms with Crippen LogP contribution in [0.2, 0.25) is 0 Å². The molecule has 0 fully saturated rings. The van der Waals surface area contributed by atoms with Gasteiger partial charge < -0.3 is 15.8 Å². The van der Waals surface area contributed by atoms with Gasteiger partial charge >= 0.3 is 0 Å². The van der Waals surface area contributed by atoms with E-state index in [-0.39, 0.29) is 11.3 Å². The lowest BCUT2D eigenvalue weighted by Gasteiger charge is -2.09. The van der Waals surface area contributed by atoms with E-state index in [1.807, 2.05) is 12.3 Å². The van der Waals surface area contributed by atoms with E-state index in [1.54, 1.807) is 12.1 Å². The molecule has 3 aromatic rings. The summed E-state index contributed by atoms with van der Waals surface area (Å²) in [6.07, 6.45) is 0. The molecule has 0 saturated carbocycles. The van der Waals surface area contributed by atoms with Crippen molar-refractivity contribution in [3.8, 4) is 5.75 Å². The number of anilines is 1. The van der Waals surface area contributed by atoms with Crippen molar-refractivity contribution in [2.24, 2.45) is 5.73 Å². The Bertz CT molecular complexity index is 1040. The Kier molecular flexibility index (Phi) is 5.65. The monoisotopic (exact) mass is 403 g/mol. The first-order chi connectivity index (χ1) is 13.3. The molecule has 28 heavy (non-hydrogen) atoms. The molecular weight excluding hydrogens is 388 g/mol. The van der Waals surface area contributed by atoms with Crippen LogP contribution in [-0.4, -0.2) is 16.8 Å². The van der Waals surface area contributed by atoms with E-state index in [9.17, 15) is 18.4 Å². The fourth-order valence-electron chi connectivity index (χ4n) is 2.36. The summed E-state index contributed by atoms with van der Waals surface area (Å²) < 4.78 is 33.0. The van der Waals surface area contributed by atoms with Gasteiger partial charge in [-0.15, -0.1) is 11.3 Å². The molecule has 2 aromatic carbocycles. The van der Waals surface area contributed by atoms with Crippen LogP contribution in [-0.2, 0) is 6.61 Å². The number of halogens is 2. The van der Waals surface area contributed by atoms with E-state index in [4.69, 9.17) is 10.5 Å². The van der Waals surface area contributed by atoms with Gasteiger partial charge in [0.05, 0.1) is 22.0 Å². The molecule has 0 aliphatic heterocycles. The predicted octanol–water partition coefficient (Wildman–Crippen LogP) is 3.66. The normalized spacial score (nSPS) is 10.5. The minimum atomic E-state index is -1.10. The summed E-state index contributed by atoms with van der Waals surface area (Å²) in [4.78, 5) is 27.7. The second-order valence-electron chi connectivity index (χ2n) is 5.80. The molecule has 0 radical (unpaired) electrons. The number of nitrogens with zero attached hydrogens (tertiary/aromatic N) is 1. The highest BCUT2D eigenvalue weighted by molar-refractivity contribution is 7.09. The third-order valence-corrected chi connectivity index (χ3v) is 4.56. The van der Waals surface area contributed by atoms with Crippen LogP contribution >= 0.6 is 11.3 Å². The number of hydrogen-bond donors (Lipinski definition) is 2. The smallest absolute Gasteiger partial charge is 0.255 e. The summed E-state index contributed by atoms with van der Waals surface area (Å²) in [5.41, 5.74) is 5.20. The topological polar surface area (TPSA) is 94.3 Å². The first-order valence-corrected chi connectivity index (χ1v) is 8.95.